The van der Waals surface area contributed by atoms with Crippen LogP contribution in [-0.4, -0.2) is 42.6 Å². The highest BCUT2D eigenvalue weighted by Crippen LogP contribution is 2.13. The smallest absolute Gasteiger partial charge is 0.242 e. The summed E-state index contributed by atoms with van der Waals surface area (Å²) in [7, 11) is -3.11. The largest absolute Gasteiger partial charge is 0.320 e. The summed E-state index contributed by atoms with van der Waals surface area (Å²) in [6, 6.07) is -0.865. The highest BCUT2D eigenvalue weighted by molar-refractivity contribution is 7.90. The Morgan fingerprint density at radius 2 is 2.11 bits per heavy atom. The summed E-state index contributed by atoms with van der Waals surface area (Å²) >= 11 is 0. The standard InChI is InChI=1S/C10H18N4O3S/c1-6-7(2)13-14-9(6)12-10(15)8(11)4-5-18(3,16)17/h8H,4-5,11H2,1-3H3,(H2,12,13,14,15). The summed E-state index contributed by atoms with van der Waals surface area (Å²) in [5.41, 5.74) is 7.30. The third-order valence-corrected chi connectivity index (χ3v) is 3.61. The van der Waals surface area contributed by atoms with Crippen LogP contribution in [0.2, 0.25) is 0 Å². The van der Waals surface area contributed by atoms with Crippen LogP contribution in [0.5, 0.6) is 0 Å². The zero-order chi connectivity index (χ0) is 13.9. The summed E-state index contributed by atoms with van der Waals surface area (Å²) in [5, 5.41) is 9.22. The lowest BCUT2D eigenvalue weighted by atomic mass is 10.2. The van der Waals surface area contributed by atoms with Crippen molar-refractivity contribution in [3.63, 3.8) is 0 Å². The van der Waals surface area contributed by atoms with Gasteiger partial charge in [0, 0.05) is 17.5 Å². The predicted molar refractivity (Wildman–Crippen MR) is 69.0 cm³/mol. The molecule has 7 nitrogen and oxygen atoms in total. The number of nitrogens with one attached hydrogen (secondary N) is 2. The monoisotopic (exact) mass is 274 g/mol. The number of hydrogen-bond acceptors (Lipinski definition) is 5. The number of aryl methyl sites for hydroxylation is 1. The Labute approximate surface area is 106 Å². The van der Waals surface area contributed by atoms with E-state index in [1.54, 1.807) is 0 Å². The minimum Gasteiger partial charge on any atom is -0.320 e. The fourth-order valence-electron chi connectivity index (χ4n) is 1.29. The van der Waals surface area contributed by atoms with Gasteiger partial charge in [0.15, 0.2) is 5.82 Å². The molecule has 1 rings (SSSR count). The van der Waals surface area contributed by atoms with E-state index in [2.05, 4.69) is 15.5 Å². The quantitative estimate of drug-likeness (QED) is 0.683. The summed E-state index contributed by atoms with van der Waals surface area (Å²) < 4.78 is 21.9. The Morgan fingerprint density at radius 1 is 1.50 bits per heavy atom. The molecule has 1 unspecified atom stereocenters. The first-order valence-corrected chi connectivity index (χ1v) is 7.52. The Morgan fingerprint density at radius 3 is 2.56 bits per heavy atom. The molecule has 4 N–H and O–H groups in total. The van der Waals surface area contributed by atoms with Crippen molar-refractivity contribution >= 4 is 21.6 Å². The molecule has 8 heteroatoms. The zero-order valence-electron chi connectivity index (χ0n) is 10.6. The molecule has 1 amide bonds. The van der Waals surface area contributed by atoms with Crippen LogP contribution in [0.25, 0.3) is 0 Å². The second kappa shape index (κ2) is 5.49. The van der Waals surface area contributed by atoms with E-state index in [-0.39, 0.29) is 12.2 Å². The molecule has 0 fully saturated rings. The zero-order valence-corrected chi connectivity index (χ0v) is 11.5. The Balaban J connectivity index is 2.58. The van der Waals surface area contributed by atoms with E-state index in [0.29, 0.717) is 5.82 Å². The van der Waals surface area contributed by atoms with Gasteiger partial charge in [-0.1, -0.05) is 0 Å². The normalized spacial score (nSPS) is 13.3. The molecule has 0 aliphatic carbocycles. The number of aromatic nitrogens is 2. The van der Waals surface area contributed by atoms with Gasteiger partial charge in [-0.15, -0.1) is 0 Å². The number of sulfone groups is 1. The number of carbonyl (C=O) groups excluding carboxylic acids is 1. The first kappa shape index (κ1) is 14.7. The van der Waals surface area contributed by atoms with E-state index in [1.165, 1.54) is 0 Å². The molecule has 102 valence electrons. The SMILES string of the molecule is Cc1[nH]nc(NC(=O)C(N)CCS(C)(=O)=O)c1C. The minimum absolute atomic E-state index is 0.0904. The third kappa shape index (κ3) is 4.11. The molecular formula is C10H18N4O3S. The number of nitrogens with two attached hydrogens (primary N) is 1. The molecule has 0 saturated carbocycles. The van der Waals surface area contributed by atoms with E-state index in [0.717, 1.165) is 17.5 Å². The van der Waals surface area contributed by atoms with Crippen LogP contribution < -0.4 is 11.1 Å². The van der Waals surface area contributed by atoms with Crippen LogP contribution >= 0.6 is 0 Å². The van der Waals surface area contributed by atoms with E-state index < -0.39 is 21.8 Å². The summed E-state index contributed by atoms with van der Waals surface area (Å²) in [4.78, 5) is 11.7. The fraction of sp³-hybridized carbons (Fsp3) is 0.600. The van der Waals surface area contributed by atoms with Gasteiger partial charge in [0.25, 0.3) is 0 Å². The number of amides is 1. The molecule has 1 heterocycles. The van der Waals surface area contributed by atoms with Gasteiger partial charge in [-0.05, 0) is 20.3 Å². The average Bonchev–Trinajstić information content (AvgIpc) is 2.56. The van der Waals surface area contributed by atoms with Gasteiger partial charge in [0.2, 0.25) is 5.91 Å². The van der Waals surface area contributed by atoms with Crippen LogP contribution in [0.1, 0.15) is 17.7 Å². The fourth-order valence-corrected chi connectivity index (χ4v) is 1.97. The number of carbonyl (C=O) groups is 1. The number of aromatic amines is 1. The molecule has 1 atom stereocenters. The van der Waals surface area contributed by atoms with Gasteiger partial charge >= 0.3 is 0 Å². The predicted octanol–water partition coefficient (Wildman–Crippen LogP) is -0.273. The Hall–Kier alpha value is -1.41. The van der Waals surface area contributed by atoms with E-state index >= 15 is 0 Å². The number of anilines is 1. The molecule has 0 spiro atoms. The molecule has 0 saturated heterocycles. The topological polar surface area (TPSA) is 118 Å². The second-order valence-corrected chi connectivity index (χ2v) is 6.60. The lowest BCUT2D eigenvalue weighted by Gasteiger charge is -2.10. The molecule has 0 aliphatic rings. The molecule has 1 aromatic rings. The van der Waals surface area contributed by atoms with Crippen molar-refractivity contribution in [2.45, 2.75) is 26.3 Å². The molecule has 1 aromatic heterocycles. The highest BCUT2D eigenvalue weighted by atomic mass is 32.2. The van der Waals surface area contributed by atoms with E-state index in [4.69, 9.17) is 5.73 Å². The van der Waals surface area contributed by atoms with Gasteiger partial charge in [0.05, 0.1) is 11.8 Å². The van der Waals surface area contributed by atoms with Gasteiger partial charge in [-0.3, -0.25) is 9.89 Å². The third-order valence-electron chi connectivity index (χ3n) is 2.63. The highest BCUT2D eigenvalue weighted by Gasteiger charge is 2.18. The van der Waals surface area contributed by atoms with Crippen LogP contribution in [0.4, 0.5) is 5.82 Å². The van der Waals surface area contributed by atoms with E-state index in [1.807, 2.05) is 13.8 Å². The summed E-state index contributed by atoms with van der Waals surface area (Å²) in [6.07, 6.45) is 1.20. The first-order valence-electron chi connectivity index (χ1n) is 5.46. The van der Waals surface area contributed by atoms with Crippen molar-refractivity contribution in [1.29, 1.82) is 0 Å². The minimum atomic E-state index is -3.11. The number of nitrogens with zero attached hydrogens (tertiary/aromatic N) is 1. The number of hydrogen-bond donors (Lipinski definition) is 3. The first-order chi connectivity index (χ1) is 8.20. The maximum atomic E-state index is 11.7. The lowest BCUT2D eigenvalue weighted by Crippen LogP contribution is -2.37. The molecule has 18 heavy (non-hydrogen) atoms. The maximum absolute atomic E-state index is 11.7. The van der Waals surface area contributed by atoms with Crippen molar-refractivity contribution in [3.8, 4) is 0 Å². The average molecular weight is 274 g/mol. The molecular weight excluding hydrogens is 256 g/mol. The van der Waals surface area contributed by atoms with E-state index in [9.17, 15) is 13.2 Å². The number of H-pyrrole nitrogens is 1. The van der Waals surface area contributed by atoms with Gasteiger partial charge in [0.1, 0.15) is 9.84 Å². The molecule has 0 aliphatic heterocycles. The molecule has 0 bridgehead atoms. The van der Waals surface area contributed by atoms with Crippen molar-refractivity contribution in [2.24, 2.45) is 5.73 Å². The summed E-state index contributed by atoms with van der Waals surface area (Å²) in [6.45, 7) is 3.65. The van der Waals surface area contributed by atoms with Gasteiger partial charge in [-0.2, -0.15) is 5.10 Å². The lowest BCUT2D eigenvalue weighted by molar-refractivity contribution is -0.117. The maximum Gasteiger partial charge on any atom is 0.242 e. The Bertz CT molecular complexity index is 535. The molecule has 0 radical (unpaired) electrons. The van der Waals surface area contributed by atoms with Gasteiger partial charge < -0.3 is 11.1 Å². The second-order valence-electron chi connectivity index (χ2n) is 4.34. The molecule has 0 aromatic carbocycles. The van der Waals surface area contributed by atoms with Crippen LogP contribution in [0, 0.1) is 13.8 Å². The van der Waals surface area contributed by atoms with Crippen molar-refractivity contribution in [3.05, 3.63) is 11.3 Å². The van der Waals surface area contributed by atoms with Crippen LogP contribution in [-0.2, 0) is 14.6 Å². The van der Waals surface area contributed by atoms with Crippen molar-refractivity contribution in [1.82, 2.24) is 10.2 Å². The van der Waals surface area contributed by atoms with Gasteiger partial charge in [-0.25, -0.2) is 8.42 Å². The number of rotatable bonds is 5. The Kier molecular flexibility index (Phi) is 4.47. The van der Waals surface area contributed by atoms with Crippen LogP contribution in [0.3, 0.4) is 0 Å². The van der Waals surface area contributed by atoms with Crippen molar-refractivity contribution in [2.75, 3.05) is 17.3 Å². The van der Waals surface area contributed by atoms with Crippen molar-refractivity contribution < 1.29 is 13.2 Å². The summed E-state index contributed by atoms with van der Waals surface area (Å²) in [5.74, 6) is -0.124. The van der Waals surface area contributed by atoms with Crippen LogP contribution in [0.15, 0.2) is 0 Å².